The van der Waals surface area contributed by atoms with Crippen molar-refractivity contribution < 1.29 is 5.82 Å². The molecular formula is C18H22FN3. The molecule has 4 heteroatoms. The Morgan fingerprint density at radius 2 is 2.27 bits per heavy atom. The standard InChI is InChI=1S/C18H20FN3.H2/c1-12(2)7-13-3-4-16(9-17(13)19)22-18-8-15-10-20-6-5-14(15)11-21-18;/h3-4,8-9,11,20H,1,5-7,10H2,2H3,(H,21,22);1H. The number of nitrogens with zero attached hydrogens (tertiary/aromatic N) is 1. The summed E-state index contributed by atoms with van der Waals surface area (Å²) in [6, 6.07) is 7.21. The lowest BCUT2D eigenvalue weighted by atomic mass is 10.0. The second-order valence-electron chi connectivity index (χ2n) is 5.83. The summed E-state index contributed by atoms with van der Waals surface area (Å²) in [6.45, 7) is 7.58. The number of hydrogen-bond acceptors (Lipinski definition) is 3. The number of anilines is 2. The van der Waals surface area contributed by atoms with Crippen molar-refractivity contribution in [3.05, 3.63) is 65.1 Å². The predicted octanol–water partition coefficient (Wildman–Crippen LogP) is 3.97. The molecule has 0 fully saturated rings. The number of nitrogens with one attached hydrogen (secondary N) is 2. The van der Waals surface area contributed by atoms with E-state index in [1.165, 1.54) is 17.2 Å². The molecule has 3 nitrogen and oxygen atoms in total. The maximum Gasteiger partial charge on any atom is 0.130 e. The molecule has 0 spiro atoms. The van der Waals surface area contributed by atoms with E-state index < -0.39 is 0 Å². The molecule has 1 aromatic carbocycles. The highest BCUT2D eigenvalue weighted by atomic mass is 19.1. The van der Waals surface area contributed by atoms with Crippen LogP contribution in [0, 0.1) is 5.82 Å². The first kappa shape index (κ1) is 14.7. The molecule has 0 saturated heterocycles. The summed E-state index contributed by atoms with van der Waals surface area (Å²) < 4.78 is 14.1. The van der Waals surface area contributed by atoms with E-state index in [-0.39, 0.29) is 7.24 Å². The van der Waals surface area contributed by atoms with Crippen LogP contribution < -0.4 is 10.6 Å². The fourth-order valence-electron chi connectivity index (χ4n) is 2.67. The monoisotopic (exact) mass is 299 g/mol. The van der Waals surface area contributed by atoms with Crippen LogP contribution >= 0.6 is 0 Å². The van der Waals surface area contributed by atoms with Crippen molar-refractivity contribution in [1.82, 2.24) is 10.3 Å². The van der Waals surface area contributed by atoms with Crippen molar-refractivity contribution in [1.29, 1.82) is 0 Å². The molecule has 0 radical (unpaired) electrons. The SMILES string of the molecule is C=C(C)Cc1ccc(Nc2cc3c(cn2)CCNC3)cc1F.[HH]. The van der Waals surface area contributed by atoms with Gasteiger partial charge in [-0.2, -0.15) is 0 Å². The van der Waals surface area contributed by atoms with E-state index in [1.807, 2.05) is 25.3 Å². The van der Waals surface area contributed by atoms with Crippen LogP contribution in [0.25, 0.3) is 0 Å². The summed E-state index contributed by atoms with van der Waals surface area (Å²) in [5, 5.41) is 6.52. The summed E-state index contributed by atoms with van der Waals surface area (Å²) in [5.74, 6) is 0.530. The van der Waals surface area contributed by atoms with Gasteiger partial charge >= 0.3 is 0 Å². The highest BCUT2D eigenvalue weighted by molar-refractivity contribution is 5.58. The molecule has 2 heterocycles. The van der Waals surface area contributed by atoms with Crippen LogP contribution in [0.1, 0.15) is 25.0 Å². The van der Waals surface area contributed by atoms with E-state index in [9.17, 15) is 4.39 Å². The van der Waals surface area contributed by atoms with Gasteiger partial charge < -0.3 is 10.6 Å². The third-order valence-electron chi connectivity index (χ3n) is 3.79. The van der Waals surface area contributed by atoms with Gasteiger partial charge in [0.1, 0.15) is 11.6 Å². The number of pyridine rings is 1. The van der Waals surface area contributed by atoms with Gasteiger partial charge in [0.2, 0.25) is 0 Å². The Bertz CT molecular complexity index is 715. The third kappa shape index (κ3) is 3.34. The van der Waals surface area contributed by atoms with Gasteiger partial charge in [0.05, 0.1) is 0 Å². The van der Waals surface area contributed by atoms with Gasteiger partial charge in [0, 0.05) is 19.9 Å². The largest absolute Gasteiger partial charge is 0.340 e. The van der Waals surface area contributed by atoms with Crippen molar-refractivity contribution in [2.24, 2.45) is 0 Å². The van der Waals surface area contributed by atoms with Gasteiger partial charge in [0.15, 0.2) is 0 Å². The number of halogens is 1. The molecule has 0 amide bonds. The number of rotatable bonds is 4. The molecule has 0 bridgehead atoms. The van der Waals surface area contributed by atoms with Crippen molar-refractivity contribution in [2.75, 3.05) is 11.9 Å². The van der Waals surface area contributed by atoms with Gasteiger partial charge in [-0.15, -0.1) is 0 Å². The smallest absolute Gasteiger partial charge is 0.130 e. The molecule has 22 heavy (non-hydrogen) atoms. The van der Waals surface area contributed by atoms with E-state index in [0.717, 1.165) is 30.9 Å². The average molecular weight is 299 g/mol. The Balaban J connectivity index is 0.00000192. The fraction of sp³-hybridized carbons (Fsp3) is 0.278. The zero-order valence-corrected chi connectivity index (χ0v) is 12.7. The minimum atomic E-state index is -0.215. The van der Waals surface area contributed by atoms with Gasteiger partial charge in [-0.05, 0) is 61.2 Å². The highest BCUT2D eigenvalue weighted by Gasteiger charge is 2.10. The molecule has 0 saturated carbocycles. The summed E-state index contributed by atoms with van der Waals surface area (Å²) in [7, 11) is 0. The van der Waals surface area contributed by atoms with Crippen molar-refractivity contribution in [3.63, 3.8) is 0 Å². The van der Waals surface area contributed by atoms with Gasteiger partial charge in [0.25, 0.3) is 0 Å². The minimum absolute atomic E-state index is 0. The summed E-state index contributed by atoms with van der Waals surface area (Å²) in [5.41, 5.74) is 4.86. The van der Waals surface area contributed by atoms with Crippen LogP contribution in [0.15, 0.2) is 42.6 Å². The number of hydrogen-bond donors (Lipinski definition) is 2. The van der Waals surface area contributed by atoms with Crippen molar-refractivity contribution >= 4 is 11.5 Å². The topological polar surface area (TPSA) is 37.0 Å². The zero-order chi connectivity index (χ0) is 15.5. The van der Waals surface area contributed by atoms with E-state index in [1.54, 1.807) is 6.07 Å². The minimum Gasteiger partial charge on any atom is -0.340 e. The van der Waals surface area contributed by atoms with Crippen LogP contribution in [0.2, 0.25) is 0 Å². The van der Waals surface area contributed by atoms with Crippen LogP contribution in [-0.4, -0.2) is 11.5 Å². The quantitative estimate of drug-likeness (QED) is 0.839. The maximum atomic E-state index is 14.1. The molecule has 0 aliphatic carbocycles. The van der Waals surface area contributed by atoms with Gasteiger partial charge in [-0.1, -0.05) is 18.2 Å². The van der Waals surface area contributed by atoms with E-state index in [2.05, 4.69) is 22.2 Å². The molecule has 0 unspecified atom stereocenters. The van der Waals surface area contributed by atoms with E-state index in [4.69, 9.17) is 0 Å². The van der Waals surface area contributed by atoms with Gasteiger partial charge in [-0.3, -0.25) is 0 Å². The summed E-state index contributed by atoms with van der Waals surface area (Å²) in [4.78, 5) is 4.41. The first-order valence-corrected chi connectivity index (χ1v) is 7.50. The maximum absolute atomic E-state index is 14.1. The molecular weight excluding hydrogens is 277 g/mol. The Morgan fingerprint density at radius 1 is 1.41 bits per heavy atom. The number of allylic oxidation sites excluding steroid dienone is 1. The molecule has 1 aliphatic heterocycles. The second kappa shape index (κ2) is 6.28. The predicted molar refractivity (Wildman–Crippen MR) is 90.0 cm³/mol. The fourth-order valence-corrected chi connectivity index (χ4v) is 2.67. The molecule has 1 aliphatic rings. The van der Waals surface area contributed by atoms with Crippen LogP contribution in [0.3, 0.4) is 0 Å². The summed E-state index contributed by atoms with van der Waals surface area (Å²) in [6.07, 6.45) is 3.48. The third-order valence-corrected chi connectivity index (χ3v) is 3.79. The normalized spacial score (nSPS) is 13.5. The van der Waals surface area contributed by atoms with Crippen LogP contribution in [-0.2, 0) is 19.4 Å². The molecule has 2 N–H and O–H groups in total. The Kier molecular flexibility index (Phi) is 4.20. The lowest BCUT2D eigenvalue weighted by Crippen LogP contribution is -2.23. The zero-order valence-electron chi connectivity index (χ0n) is 12.7. The van der Waals surface area contributed by atoms with Crippen LogP contribution in [0.4, 0.5) is 15.9 Å². The summed E-state index contributed by atoms with van der Waals surface area (Å²) >= 11 is 0. The Labute approximate surface area is 131 Å². The van der Waals surface area contributed by atoms with E-state index >= 15 is 0 Å². The van der Waals surface area contributed by atoms with Crippen LogP contribution in [0.5, 0.6) is 0 Å². The Hall–Kier alpha value is -2.20. The lowest BCUT2D eigenvalue weighted by Gasteiger charge is -2.17. The molecule has 3 rings (SSSR count). The molecule has 2 aromatic rings. The lowest BCUT2D eigenvalue weighted by molar-refractivity contribution is 0.614. The highest BCUT2D eigenvalue weighted by Crippen LogP contribution is 2.22. The molecule has 1 aromatic heterocycles. The first-order valence-electron chi connectivity index (χ1n) is 7.50. The number of aromatic nitrogens is 1. The van der Waals surface area contributed by atoms with Crippen molar-refractivity contribution in [2.45, 2.75) is 26.3 Å². The van der Waals surface area contributed by atoms with E-state index in [0.29, 0.717) is 17.7 Å². The van der Waals surface area contributed by atoms with Crippen molar-refractivity contribution in [3.8, 4) is 0 Å². The van der Waals surface area contributed by atoms with Gasteiger partial charge in [-0.25, -0.2) is 9.37 Å². The first-order chi connectivity index (χ1) is 10.6. The average Bonchev–Trinajstić information content (AvgIpc) is 2.49. The Morgan fingerprint density at radius 3 is 3.05 bits per heavy atom. The number of fused-ring (bicyclic) bond motifs is 1. The molecule has 116 valence electrons. The number of benzene rings is 1. The second-order valence-corrected chi connectivity index (χ2v) is 5.83. The molecule has 0 atom stereocenters.